The molecule has 15 nitrogen and oxygen atoms in total. The minimum Gasteiger partial charge on any atom is -0.507 e. The second-order valence-electron chi connectivity index (χ2n) is 10.8. The molecular formula is C31H32N2O13S. The summed E-state index contributed by atoms with van der Waals surface area (Å²) in [4.78, 5) is 33.2. The van der Waals surface area contributed by atoms with E-state index in [2.05, 4.69) is 22.9 Å². The summed E-state index contributed by atoms with van der Waals surface area (Å²) in [6, 6.07) is 11.7. The highest BCUT2D eigenvalue weighted by molar-refractivity contribution is 7.87. The summed E-state index contributed by atoms with van der Waals surface area (Å²) >= 11 is 0. The molecule has 250 valence electrons. The minimum absolute atomic E-state index is 0.0851. The number of carboxylic acid groups (broad SMARTS) is 2. The Kier molecular flexibility index (Phi) is 9.84. The summed E-state index contributed by atoms with van der Waals surface area (Å²) in [5, 5.41) is 59.2. The Hall–Kier alpha value is -5.13. The highest BCUT2D eigenvalue weighted by atomic mass is 32.2. The largest absolute Gasteiger partial charge is 0.507 e. The number of phenols is 2. The van der Waals surface area contributed by atoms with Gasteiger partial charge in [-0.2, -0.15) is 8.42 Å². The van der Waals surface area contributed by atoms with Crippen molar-refractivity contribution in [3.8, 4) is 11.5 Å². The topological polar surface area (TPSA) is 224 Å². The number of rotatable bonds is 14. The first-order valence-electron chi connectivity index (χ1n) is 13.7. The van der Waals surface area contributed by atoms with Gasteiger partial charge >= 0.3 is 11.9 Å². The van der Waals surface area contributed by atoms with Gasteiger partial charge in [-0.1, -0.05) is 18.2 Å². The number of carbonyl (C=O) groups is 2. The highest BCUT2D eigenvalue weighted by Crippen LogP contribution is 2.52. The van der Waals surface area contributed by atoms with Gasteiger partial charge in [0.15, 0.2) is 5.60 Å². The van der Waals surface area contributed by atoms with Crippen LogP contribution in [0.15, 0.2) is 78.4 Å². The zero-order valence-corrected chi connectivity index (χ0v) is 26.0. The Morgan fingerprint density at radius 2 is 1.30 bits per heavy atom. The predicted molar refractivity (Wildman–Crippen MR) is 162 cm³/mol. The fourth-order valence-electron chi connectivity index (χ4n) is 5.53. The number of benzene rings is 3. The van der Waals surface area contributed by atoms with Gasteiger partial charge in [-0.25, -0.2) is 14.7 Å². The summed E-state index contributed by atoms with van der Waals surface area (Å²) in [7, 11) is -4.43. The number of carboxylic acids is 2. The van der Waals surface area contributed by atoms with E-state index in [4.69, 9.17) is 4.18 Å². The molecule has 0 bridgehead atoms. The lowest BCUT2D eigenvalue weighted by atomic mass is 9.78. The van der Waals surface area contributed by atoms with Gasteiger partial charge in [0.2, 0.25) is 11.8 Å². The third kappa shape index (κ3) is 6.72. The van der Waals surface area contributed by atoms with E-state index < -0.39 is 52.5 Å². The Labute approximate surface area is 269 Å². The fourth-order valence-corrected chi connectivity index (χ4v) is 6.96. The molecule has 1 atom stereocenters. The lowest BCUT2D eigenvalue weighted by Crippen LogP contribution is -2.34. The normalized spacial score (nSPS) is 16.4. The summed E-state index contributed by atoms with van der Waals surface area (Å²) in [5.74, 6) is -4.05. The molecule has 1 heterocycles. The van der Waals surface area contributed by atoms with Crippen molar-refractivity contribution < 1.29 is 62.9 Å². The quantitative estimate of drug-likeness (QED) is 0.0625. The zero-order chi connectivity index (χ0) is 34.8. The molecule has 0 aliphatic carbocycles. The van der Waals surface area contributed by atoms with Crippen LogP contribution in [0, 0.1) is 13.8 Å². The van der Waals surface area contributed by atoms with Crippen LogP contribution < -0.4 is 0 Å². The Morgan fingerprint density at radius 1 is 0.830 bits per heavy atom. The molecule has 0 amide bonds. The Morgan fingerprint density at radius 3 is 1.77 bits per heavy atom. The molecule has 0 fully saturated rings. The van der Waals surface area contributed by atoms with Crippen molar-refractivity contribution in [2.24, 2.45) is 0 Å². The van der Waals surface area contributed by atoms with Crippen LogP contribution in [0.25, 0.3) is 0 Å². The van der Waals surface area contributed by atoms with Crippen molar-refractivity contribution in [3.63, 3.8) is 0 Å². The third-order valence-corrected chi connectivity index (χ3v) is 8.96. The van der Waals surface area contributed by atoms with Gasteiger partial charge in [-0.15, -0.1) is 0 Å². The van der Waals surface area contributed by atoms with Crippen molar-refractivity contribution in [1.82, 2.24) is 9.80 Å². The van der Waals surface area contributed by atoms with Crippen molar-refractivity contribution >= 4 is 22.1 Å². The molecule has 3 aromatic carbocycles. The number of fused-ring (bicyclic) bond motifs is 1. The molecule has 6 N–H and O–H groups in total. The van der Waals surface area contributed by atoms with Gasteiger partial charge in [-0.3, -0.25) is 19.4 Å². The number of aliphatic carboxylic acids is 2. The Bertz CT molecular complexity index is 1840. The lowest BCUT2D eigenvalue weighted by Gasteiger charge is -2.32. The summed E-state index contributed by atoms with van der Waals surface area (Å²) in [6.45, 7) is 8.01. The predicted octanol–water partition coefficient (Wildman–Crippen LogP) is 3.42. The van der Waals surface area contributed by atoms with Crippen LogP contribution in [-0.2, 0) is 52.4 Å². The minimum atomic E-state index is -4.43. The number of aromatic hydroxyl groups is 2. The van der Waals surface area contributed by atoms with E-state index in [-0.39, 0.29) is 68.4 Å². The van der Waals surface area contributed by atoms with Crippen molar-refractivity contribution in [1.29, 1.82) is 0 Å². The highest BCUT2D eigenvalue weighted by Gasteiger charge is 2.52. The number of aryl methyl sites for hydroxylation is 2. The Balaban J connectivity index is 2.02. The van der Waals surface area contributed by atoms with Gasteiger partial charge in [0.25, 0.3) is 10.1 Å². The molecule has 0 spiro atoms. The van der Waals surface area contributed by atoms with Crippen molar-refractivity contribution in [2.45, 2.75) is 37.4 Å². The second kappa shape index (κ2) is 13.3. The standard InChI is InChI=1S/C31H32N2O13S/c1-17-9-23(11-21(29(17)38)13-32(15-27(34)35)16-28(36)37)31(25-7-5-6-8-26(25)47(42,43)46-31)24-10-18(2)30(39)22(12-24)14-33(19(3)44-40)20(4)45-41/h5-12,38-41H,3-4,13-16H2,1-2H3,(H,34,35)(H,36,37). The van der Waals surface area contributed by atoms with E-state index in [1.807, 2.05) is 0 Å². The number of nitrogens with zero attached hydrogens (tertiary/aromatic N) is 2. The lowest BCUT2D eigenvalue weighted by molar-refractivity contribution is -0.252. The molecule has 0 aromatic heterocycles. The second-order valence-corrected chi connectivity index (χ2v) is 12.3. The van der Waals surface area contributed by atoms with Crippen molar-refractivity contribution in [2.75, 3.05) is 13.1 Å². The van der Waals surface area contributed by atoms with E-state index in [9.17, 15) is 48.9 Å². The molecule has 1 aliphatic rings. The van der Waals surface area contributed by atoms with Gasteiger partial charge < -0.3 is 30.2 Å². The van der Waals surface area contributed by atoms with E-state index in [1.165, 1.54) is 56.3 Å². The molecular weight excluding hydrogens is 640 g/mol. The number of phenolic OH excluding ortho intramolecular Hbond substituents is 2. The van der Waals surface area contributed by atoms with Gasteiger partial charge in [0, 0.05) is 23.2 Å². The summed E-state index contributed by atoms with van der Waals surface area (Å²) < 4.78 is 33.1. The first-order chi connectivity index (χ1) is 22.0. The van der Waals surface area contributed by atoms with E-state index in [0.29, 0.717) is 0 Å². The van der Waals surface area contributed by atoms with Gasteiger partial charge in [0.05, 0.1) is 19.6 Å². The number of hydrogen-bond donors (Lipinski definition) is 6. The SMILES string of the molecule is C=C(OO)N(Cc1cc(C2(c3cc(C)c(O)c(CN(CC(=O)O)CC(=O)O)c3)OS(=O)(=O)c3ccccc32)cc(C)c1O)C(=C)OO. The molecule has 0 saturated carbocycles. The van der Waals surface area contributed by atoms with Crippen LogP contribution in [-0.4, -0.2) is 74.2 Å². The molecule has 4 rings (SSSR count). The molecule has 1 aliphatic heterocycles. The van der Waals surface area contributed by atoms with Gasteiger partial charge in [0.1, 0.15) is 16.4 Å². The van der Waals surface area contributed by atoms with Crippen LogP contribution in [0.5, 0.6) is 11.5 Å². The molecule has 3 aromatic rings. The van der Waals surface area contributed by atoms with E-state index in [0.717, 1.165) is 9.80 Å². The molecule has 0 saturated heterocycles. The van der Waals surface area contributed by atoms with E-state index in [1.54, 1.807) is 6.07 Å². The first-order valence-corrected chi connectivity index (χ1v) is 15.1. The molecule has 0 radical (unpaired) electrons. The molecule has 1 unspecified atom stereocenters. The average molecular weight is 673 g/mol. The maximum atomic E-state index is 13.6. The van der Waals surface area contributed by atoms with Crippen LogP contribution in [0.1, 0.15) is 38.9 Å². The fraction of sp³-hybridized carbons (Fsp3) is 0.226. The molecule has 47 heavy (non-hydrogen) atoms. The average Bonchev–Trinajstić information content (AvgIpc) is 3.26. The summed E-state index contributed by atoms with van der Waals surface area (Å²) in [6.07, 6.45) is 0. The van der Waals surface area contributed by atoms with Crippen LogP contribution >= 0.6 is 0 Å². The zero-order valence-electron chi connectivity index (χ0n) is 25.2. The van der Waals surface area contributed by atoms with Crippen molar-refractivity contribution in [3.05, 3.63) is 112 Å². The monoisotopic (exact) mass is 672 g/mol. The number of hydrogen-bond acceptors (Lipinski definition) is 13. The summed E-state index contributed by atoms with van der Waals surface area (Å²) in [5.41, 5.74) is -0.788. The van der Waals surface area contributed by atoms with Crippen LogP contribution in [0.4, 0.5) is 0 Å². The third-order valence-electron chi connectivity index (χ3n) is 7.60. The molecule has 16 heteroatoms. The maximum absolute atomic E-state index is 13.6. The van der Waals surface area contributed by atoms with E-state index >= 15 is 0 Å². The van der Waals surface area contributed by atoms with Crippen LogP contribution in [0.3, 0.4) is 0 Å². The smallest absolute Gasteiger partial charge is 0.317 e. The van der Waals surface area contributed by atoms with Gasteiger partial charge in [-0.05, 0) is 79.6 Å². The maximum Gasteiger partial charge on any atom is 0.317 e. The first kappa shape index (κ1) is 34.7. The van der Waals surface area contributed by atoms with Crippen LogP contribution in [0.2, 0.25) is 0 Å².